The van der Waals surface area contributed by atoms with Crippen LogP contribution in [0.2, 0.25) is 0 Å². The molecule has 103 valence electrons. The van der Waals surface area contributed by atoms with Gasteiger partial charge in [-0.2, -0.15) is 0 Å². The van der Waals surface area contributed by atoms with Gasteiger partial charge in [0.25, 0.3) is 0 Å². The first-order valence-electron chi connectivity index (χ1n) is 6.22. The SMILES string of the molecule is O=C(Oc1c(Br)c[c]cc1Br)c1cccc2ccccc12. The molecule has 0 aromatic heterocycles. The van der Waals surface area contributed by atoms with Gasteiger partial charge in [0.05, 0.1) is 14.5 Å². The largest absolute Gasteiger partial charge is 0.420 e. The molecule has 3 aromatic carbocycles. The van der Waals surface area contributed by atoms with E-state index in [1.807, 2.05) is 36.4 Å². The maximum absolute atomic E-state index is 12.5. The van der Waals surface area contributed by atoms with Crippen LogP contribution in [-0.4, -0.2) is 5.97 Å². The zero-order chi connectivity index (χ0) is 14.8. The number of rotatable bonds is 2. The molecule has 0 saturated heterocycles. The summed E-state index contributed by atoms with van der Waals surface area (Å²) < 4.78 is 6.86. The highest BCUT2D eigenvalue weighted by atomic mass is 79.9. The van der Waals surface area contributed by atoms with Crippen molar-refractivity contribution in [2.75, 3.05) is 0 Å². The van der Waals surface area contributed by atoms with Gasteiger partial charge in [-0.25, -0.2) is 4.79 Å². The molecule has 3 rings (SSSR count). The minimum Gasteiger partial charge on any atom is -0.420 e. The molecule has 21 heavy (non-hydrogen) atoms. The average molecular weight is 405 g/mol. The number of halogens is 2. The minimum absolute atomic E-state index is 0.389. The molecule has 0 aliphatic heterocycles. The molecule has 0 spiro atoms. The Bertz CT molecular complexity index is 802. The molecule has 0 fully saturated rings. The molecule has 3 aromatic rings. The van der Waals surface area contributed by atoms with Gasteiger partial charge in [-0.15, -0.1) is 0 Å². The van der Waals surface area contributed by atoms with Crippen molar-refractivity contribution in [3.8, 4) is 5.75 Å². The monoisotopic (exact) mass is 403 g/mol. The number of fused-ring (bicyclic) bond motifs is 1. The van der Waals surface area contributed by atoms with E-state index in [9.17, 15) is 4.79 Å². The lowest BCUT2D eigenvalue weighted by molar-refractivity contribution is 0.0734. The van der Waals surface area contributed by atoms with E-state index >= 15 is 0 Å². The van der Waals surface area contributed by atoms with E-state index < -0.39 is 0 Å². The standard InChI is InChI=1S/C17H9Br2O2/c18-14-9-4-10-15(19)16(14)21-17(20)13-8-3-6-11-5-1-2-7-12(11)13/h1-3,5-10H. The van der Waals surface area contributed by atoms with Crippen LogP contribution in [0.1, 0.15) is 10.4 Å². The van der Waals surface area contributed by atoms with E-state index in [1.54, 1.807) is 18.2 Å². The molecule has 0 heterocycles. The Hall–Kier alpha value is -1.65. The van der Waals surface area contributed by atoms with Crippen LogP contribution < -0.4 is 4.74 Å². The second-order valence-corrected chi connectivity index (χ2v) is 6.11. The minimum atomic E-state index is -0.389. The highest BCUT2D eigenvalue weighted by molar-refractivity contribution is 9.11. The Balaban J connectivity index is 2.02. The molecule has 2 nitrogen and oxygen atoms in total. The molecule has 0 aliphatic rings. The lowest BCUT2D eigenvalue weighted by Gasteiger charge is -2.10. The van der Waals surface area contributed by atoms with Crippen LogP contribution in [0.4, 0.5) is 0 Å². The van der Waals surface area contributed by atoms with Crippen molar-refractivity contribution in [1.82, 2.24) is 0 Å². The molecule has 0 bridgehead atoms. The predicted octanol–water partition coefficient (Wildman–Crippen LogP) is 5.38. The van der Waals surface area contributed by atoms with E-state index in [0.717, 1.165) is 10.8 Å². The highest BCUT2D eigenvalue weighted by Gasteiger charge is 2.15. The van der Waals surface area contributed by atoms with Gasteiger partial charge in [0.2, 0.25) is 0 Å². The Morgan fingerprint density at radius 3 is 2.38 bits per heavy atom. The van der Waals surface area contributed by atoms with Crippen molar-refractivity contribution in [1.29, 1.82) is 0 Å². The van der Waals surface area contributed by atoms with Crippen molar-refractivity contribution < 1.29 is 9.53 Å². The van der Waals surface area contributed by atoms with E-state index in [4.69, 9.17) is 4.74 Å². The van der Waals surface area contributed by atoms with Gasteiger partial charge in [0.15, 0.2) is 5.75 Å². The fraction of sp³-hybridized carbons (Fsp3) is 0. The van der Waals surface area contributed by atoms with Crippen molar-refractivity contribution in [3.63, 3.8) is 0 Å². The molecule has 0 saturated carbocycles. The van der Waals surface area contributed by atoms with Crippen LogP contribution in [0.25, 0.3) is 10.8 Å². The smallest absolute Gasteiger partial charge is 0.344 e. The summed E-state index contributed by atoms with van der Waals surface area (Å²) in [6.07, 6.45) is 0. The highest BCUT2D eigenvalue weighted by Crippen LogP contribution is 2.33. The van der Waals surface area contributed by atoms with Crippen molar-refractivity contribution >= 4 is 48.6 Å². The summed E-state index contributed by atoms with van der Waals surface area (Å²) in [6, 6.07) is 19.6. The van der Waals surface area contributed by atoms with Crippen LogP contribution in [0.5, 0.6) is 5.75 Å². The maximum atomic E-state index is 12.5. The predicted molar refractivity (Wildman–Crippen MR) is 89.6 cm³/mol. The third-order valence-electron chi connectivity index (χ3n) is 3.06. The Labute approximate surface area is 139 Å². The number of carbonyl (C=O) groups excluding carboxylic acids is 1. The molecule has 0 N–H and O–H groups in total. The van der Waals surface area contributed by atoms with Gasteiger partial charge >= 0.3 is 5.97 Å². The number of benzene rings is 3. The Morgan fingerprint density at radius 2 is 1.62 bits per heavy atom. The van der Waals surface area contributed by atoms with Crippen molar-refractivity contribution in [2.24, 2.45) is 0 Å². The molecule has 0 unspecified atom stereocenters. The summed E-state index contributed by atoms with van der Waals surface area (Å²) in [5, 5.41) is 1.88. The summed E-state index contributed by atoms with van der Waals surface area (Å²) in [6.45, 7) is 0. The lowest BCUT2D eigenvalue weighted by Crippen LogP contribution is -2.09. The summed E-state index contributed by atoms with van der Waals surface area (Å²) in [5.74, 6) is 0.0612. The Morgan fingerprint density at radius 1 is 0.952 bits per heavy atom. The van der Waals surface area contributed by atoms with Gasteiger partial charge in [-0.05, 0) is 66.9 Å². The summed E-state index contributed by atoms with van der Waals surface area (Å²) in [5.41, 5.74) is 0.541. The van der Waals surface area contributed by atoms with Gasteiger partial charge < -0.3 is 4.74 Å². The fourth-order valence-electron chi connectivity index (χ4n) is 2.08. The summed E-state index contributed by atoms with van der Waals surface area (Å²) in [7, 11) is 0. The number of carbonyl (C=O) groups is 1. The van der Waals surface area contributed by atoms with Crippen LogP contribution in [-0.2, 0) is 0 Å². The summed E-state index contributed by atoms with van der Waals surface area (Å²) in [4.78, 5) is 12.5. The Kier molecular flexibility index (Phi) is 4.08. The van der Waals surface area contributed by atoms with E-state index in [1.165, 1.54) is 0 Å². The number of ether oxygens (including phenoxy) is 1. The molecular weight excluding hydrogens is 396 g/mol. The topological polar surface area (TPSA) is 26.3 Å². The first-order valence-corrected chi connectivity index (χ1v) is 7.80. The zero-order valence-electron chi connectivity index (χ0n) is 10.8. The van der Waals surface area contributed by atoms with Gasteiger partial charge in [0.1, 0.15) is 0 Å². The van der Waals surface area contributed by atoms with Gasteiger partial charge in [-0.3, -0.25) is 0 Å². The van der Waals surface area contributed by atoms with Crippen LogP contribution in [0.15, 0.2) is 63.5 Å². The first kappa shape index (κ1) is 14.3. The zero-order valence-corrected chi connectivity index (χ0v) is 13.9. The number of hydrogen-bond acceptors (Lipinski definition) is 2. The number of hydrogen-bond donors (Lipinski definition) is 0. The van der Waals surface area contributed by atoms with Crippen LogP contribution in [0.3, 0.4) is 0 Å². The van der Waals surface area contributed by atoms with Crippen LogP contribution >= 0.6 is 31.9 Å². The third kappa shape index (κ3) is 2.87. The average Bonchev–Trinajstić information content (AvgIpc) is 2.50. The lowest BCUT2D eigenvalue weighted by atomic mass is 10.0. The molecule has 0 aliphatic carbocycles. The third-order valence-corrected chi connectivity index (χ3v) is 4.24. The quantitative estimate of drug-likeness (QED) is 0.423. The molecule has 4 heteroatoms. The van der Waals surface area contributed by atoms with E-state index in [2.05, 4.69) is 37.9 Å². The molecule has 0 amide bonds. The molecular formula is C17H9Br2O2. The molecule has 0 atom stereocenters. The second kappa shape index (κ2) is 6.00. The first-order chi connectivity index (χ1) is 10.2. The normalized spacial score (nSPS) is 10.6. The number of esters is 1. The summed E-state index contributed by atoms with van der Waals surface area (Å²) >= 11 is 6.72. The van der Waals surface area contributed by atoms with Crippen molar-refractivity contribution in [3.05, 3.63) is 75.2 Å². The maximum Gasteiger partial charge on any atom is 0.344 e. The van der Waals surface area contributed by atoms with Crippen molar-refractivity contribution in [2.45, 2.75) is 0 Å². The van der Waals surface area contributed by atoms with E-state index in [0.29, 0.717) is 20.3 Å². The second-order valence-electron chi connectivity index (χ2n) is 4.40. The van der Waals surface area contributed by atoms with Gasteiger partial charge in [0, 0.05) is 0 Å². The van der Waals surface area contributed by atoms with Gasteiger partial charge in [-0.1, -0.05) is 36.4 Å². The molecule has 1 radical (unpaired) electrons. The van der Waals surface area contributed by atoms with Crippen LogP contribution in [0, 0.1) is 6.07 Å². The fourth-order valence-corrected chi connectivity index (χ4v) is 3.20. The van der Waals surface area contributed by atoms with E-state index in [-0.39, 0.29) is 5.97 Å².